The summed E-state index contributed by atoms with van der Waals surface area (Å²) < 4.78 is 0. The molecule has 0 rings (SSSR count). The van der Waals surface area contributed by atoms with Crippen LogP contribution in [0.5, 0.6) is 0 Å². The summed E-state index contributed by atoms with van der Waals surface area (Å²) in [4.78, 5) is 14.1. The van der Waals surface area contributed by atoms with Gasteiger partial charge in [0.2, 0.25) is 0 Å². The van der Waals surface area contributed by atoms with Gasteiger partial charge in [-0.05, 0) is 19.4 Å². The van der Waals surface area contributed by atoms with Crippen LogP contribution in [0.1, 0.15) is 64.2 Å². The zero-order valence-electron chi connectivity index (χ0n) is 11.1. The Labute approximate surface area is 116 Å². The molecule has 0 amide bonds. The molecule has 5 nitrogen and oxygen atoms in total. The lowest BCUT2D eigenvalue weighted by molar-refractivity contribution is -0.757. The van der Waals surface area contributed by atoms with Gasteiger partial charge in [-0.25, -0.2) is 0 Å². The van der Waals surface area contributed by atoms with Crippen molar-refractivity contribution in [3.05, 3.63) is 10.1 Å². The molecule has 0 saturated carbocycles. The maximum atomic E-state index is 9.86. The Morgan fingerprint density at radius 2 is 1.22 bits per heavy atom. The Morgan fingerprint density at radius 1 is 0.833 bits per heavy atom. The summed E-state index contributed by atoms with van der Waals surface area (Å²) in [7, 11) is 0. The van der Waals surface area contributed by atoms with E-state index in [1.807, 2.05) is 0 Å². The van der Waals surface area contributed by atoms with Gasteiger partial charge in [0.05, 0.1) is 6.61 Å². The van der Waals surface area contributed by atoms with Crippen molar-refractivity contribution in [2.75, 3.05) is 13.2 Å². The van der Waals surface area contributed by atoms with Gasteiger partial charge in [0.15, 0.2) is 0 Å². The molecule has 0 atom stereocenters. The van der Waals surface area contributed by atoms with E-state index in [-0.39, 0.29) is 19.0 Å². The standard InChI is InChI=1S/C12H26N2O3.ClH/c13-11-9-7-5-3-1-2-4-6-8-10-12-17-14(15)16;/h1-13H2;1H. The zero-order valence-corrected chi connectivity index (χ0v) is 12.0. The zero-order chi connectivity index (χ0) is 12.8. The van der Waals surface area contributed by atoms with Crippen LogP contribution < -0.4 is 5.73 Å². The van der Waals surface area contributed by atoms with Crippen molar-refractivity contribution in [3.63, 3.8) is 0 Å². The van der Waals surface area contributed by atoms with Crippen LogP contribution in [0.3, 0.4) is 0 Å². The Balaban J connectivity index is 0. The average molecular weight is 283 g/mol. The van der Waals surface area contributed by atoms with Crippen molar-refractivity contribution in [3.8, 4) is 0 Å². The van der Waals surface area contributed by atoms with Crippen molar-refractivity contribution in [2.24, 2.45) is 5.73 Å². The predicted molar refractivity (Wildman–Crippen MR) is 75.4 cm³/mol. The molecule has 0 aliphatic carbocycles. The highest BCUT2D eigenvalue weighted by atomic mass is 35.5. The van der Waals surface area contributed by atoms with Crippen molar-refractivity contribution in [2.45, 2.75) is 64.2 Å². The second-order valence-corrected chi connectivity index (χ2v) is 4.38. The third-order valence-electron chi connectivity index (χ3n) is 2.80. The van der Waals surface area contributed by atoms with E-state index in [2.05, 4.69) is 4.84 Å². The fourth-order valence-corrected chi connectivity index (χ4v) is 1.80. The Kier molecular flexibility index (Phi) is 18.1. The Bertz CT molecular complexity index is 183. The van der Waals surface area contributed by atoms with Gasteiger partial charge in [0, 0.05) is 0 Å². The van der Waals surface area contributed by atoms with Crippen molar-refractivity contribution in [1.82, 2.24) is 0 Å². The minimum atomic E-state index is -0.721. The molecule has 0 aliphatic heterocycles. The molecule has 0 spiro atoms. The molecule has 0 saturated heterocycles. The van der Waals surface area contributed by atoms with Gasteiger partial charge < -0.3 is 10.6 Å². The maximum Gasteiger partial charge on any atom is 0.294 e. The van der Waals surface area contributed by atoms with Crippen LogP contribution in [0.4, 0.5) is 0 Å². The number of nitrogens with zero attached hydrogens (tertiary/aromatic N) is 1. The molecule has 0 bridgehead atoms. The lowest BCUT2D eigenvalue weighted by Crippen LogP contribution is -2.01. The van der Waals surface area contributed by atoms with Gasteiger partial charge in [-0.2, -0.15) is 0 Å². The molecule has 2 N–H and O–H groups in total. The topological polar surface area (TPSA) is 78.4 Å². The molecular weight excluding hydrogens is 256 g/mol. The predicted octanol–water partition coefficient (Wildman–Crippen LogP) is 3.48. The van der Waals surface area contributed by atoms with E-state index in [1.165, 1.54) is 38.5 Å². The molecule has 0 radical (unpaired) electrons. The van der Waals surface area contributed by atoms with E-state index in [9.17, 15) is 10.1 Å². The third-order valence-corrected chi connectivity index (χ3v) is 2.80. The highest BCUT2D eigenvalue weighted by Crippen LogP contribution is 2.10. The highest BCUT2D eigenvalue weighted by Gasteiger charge is 1.95. The SMILES string of the molecule is Cl.NCCCCCCCCCCCCO[N+](=O)[O-]. The summed E-state index contributed by atoms with van der Waals surface area (Å²) in [6.07, 6.45) is 11.8. The number of hydrogen-bond donors (Lipinski definition) is 1. The molecule has 0 unspecified atom stereocenters. The lowest BCUT2D eigenvalue weighted by atomic mass is 10.1. The highest BCUT2D eigenvalue weighted by molar-refractivity contribution is 5.85. The second-order valence-electron chi connectivity index (χ2n) is 4.38. The van der Waals surface area contributed by atoms with Gasteiger partial charge in [0.25, 0.3) is 5.09 Å². The summed E-state index contributed by atoms with van der Waals surface area (Å²) in [5.41, 5.74) is 5.42. The van der Waals surface area contributed by atoms with E-state index in [0.717, 1.165) is 32.2 Å². The third kappa shape index (κ3) is 17.8. The van der Waals surface area contributed by atoms with Crippen LogP contribution in [0.25, 0.3) is 0 Å². The molecule has 0 aliphatic rings. The first-order valence-corrected chi connectivity index (χ1v) is 6.74. The molecule has 6 heteroatoms. The van der Waals surface area contributed by atoms with Crippen molar-refractivity contribution >= 4 is 12.4 Å². The van der Waals surface area contributed by atoms with Crippen molar-refractivity contribution < 1.29 is 9.92 Å². The minimum absolute atomic E-state index is 0. The monoisotopic (exact) mass is 282 g/mol. The maximum absolute atomic E-state index is 9.86. The van der Waals surface area contributed by atoms with E-state index < -0.39 is 5.09 Å². The molecule has 0 aromatic rings. The summed E-state index contributed by atoms with van der Waals surface area (Å²) in [5.74, 6) is 0. The summed E-state index contributed by atoms with van der Waals surface area (Å²) in [5, 5.41) is 9.14. The molecular formula is C12H27ClN2O3. The minimum Gasteiger partial charge on any atom is -0.330 e. The molecule has 18 heavy (non-hydrogen) atoms. The molecule has 110 valence electrons. The first kappa shape index (κ1) is 19.8. The summed E-state index contributed by atoms with van der Waals surface area (Å²) in [6.45, 7) is 1.05. The number of nitrogens with two attached hydrogens (primary N) is 1. The number of rotatable bonds is 13. The van der Waals surface area contributed by atoms with Crippen molar-refractivity contribution in [1.29, 1.82) is 0 Å². The van der Waals surface area contributed by atoms with Gasteiger partial charge in [-0.3, -0.25) is 0 Å². The van der Waals surface area contributed by atoms with Crippen LogP contribution in [0.15, 0.2) is 0 Å². The number of unbranched alkanes of at least 4 members (excludes halogenated alkanes) is 9. The Hall–Kier alpha value is -0.550. The van der Waals surface area contributed by atoms with E-state index in [0.29, 0.717) is 0 Å². The van der Waals surface area contributed by atoms with E-state index in [1.54, 1.807) is 0 Å². The quantitative estimate of drug-likeness (QED) is 0.319. The average Bonchev–Trinajstić information content (AvgIpc) is 2.30. The first-order chi connectivity index (χ1) is 8.27. The van der Waals surface area contributed by atoms with Crippen LogP contribution in [-0.4, -0.2) is 18.2 Å². The van der Waals surface area contributed by atoms with Gasteiger partial charge in [-0.15, -0.1) is 22.5 Å². The largest absolute Gasteiger partial charge is 0.330 e. The van der Waals surface area contributed by atoms with Crippen LogP contribution in [0.2, 0.25) is 0 Å². The number of hydrogen-bond acceptors (Lipinski definition) is 4. The lowest BCUT2D eigenvalue weighted by Gasteiger charge is -2.02. The van der Waals surface area contributed by atoms with E-state index >= 15 is 0 Å². The molecule has 0 aromatic heterocycles. The van der Waals surface area contributed by atoms with Crippen LogP contribution >= 0.6 is 12.4 Å². The summed E-state index contributed by atoms with van der Waals surface area (Å²) in [6, 6.07) is 0. The fraction of sp³-hybridized carbons (Fsp3) is 1.00. The van der Waals surface area contributed by atoms with Gasteiger partial charge in [0.1, 0.15) is 0 Å². The molecule has 0 fully saturated rings. The fourth-order valence-electron chi connectivity index (χ4n) is 1.80. The second kappa shape index (κ2) is 16.4. The number of halogens is 1. The Morgan fingerprint density at radius 3 is 1.61 bits per heavy atom. The van der Waals surface area contributed by atoms with Gasteiger partial charge >= 0.3 is 0 Å². The molecule has 0 aromatic carbocycles. The van der Waals surface area contributed by atoms with E-state index in [4.69, 9.17) is 5.73 Å². The normalized spacial score (nSPS) is 9.83. The summed E-state index contributed by atoms with van der Waals surface area (Å²) >= 11 is 0. The smallest absolute Gasteiger partial charge is 0.294 e. The molecule has 0 heterocycles. The van der Waals surface area contributed by atoms with Crippen LogP contribution in [0, 0.1) is 10.1 Å². The van der Waals surface area contributed by atoms with Gasteiger partial charge in [-0.1, -0.05) is 51.4 Å². The van der Waals surface area contributed by atoms with Crippen LogP contribution in [-0.2, 0) is 4.84 Å². The first-order valence-electron chi connectivity index (χ1n) is 6.74.